The molecule has 1 unspecified atom stereocenters. The van der Waals surface area contributed by atoms with E-state index in [9.17, 15) is 9.90 Å². The molecule has 5 nitrogen and oxygen atoms in total. The van der Waals surface area contributed by atoms with E-state index in [-0.39, 0.29) is 12.1 Å². The van der Waals surface area contributed by atoms with E-state index in [0.717, 1.165) is 23.5 Å². The van der Waals surface area contributed by atoms with E-state index in [1.54, 1.807) is 32.2 Å². The van der Waals surface area contributed by atoms with Crippen LogP contribution in [0.5, 0.6) is 0 Å². The second-order valence-corrected chi connectivity index (χ2v) is 7.15. The third kappa shape index (κ3) is 4.18. The molecule has 1 aliphatic rings. The number of carbonyl (C=O) groups is 1. The summed E-state index contributed by atoms with van der Waals surface area (Å²) in [4.78, 5) is 18.2. The predicted molar refractivity (Wildman–Crippen MR) is 79.8 cm³/mol. The molecule has 0 aromatic carbocycles. The van der Waals surface area contributed by atoms with Crippen LogP contribution in [0.1, 0.15) is 43.4 Å². The van der Waals surface area contributed by atoms with Crippen molar-refractivity contribution in [2.45, 2.75) is 45.3 Å². The van der Waals surface area contributed by atoms with Crippen LogP contribution in [0.4, 0.5) is 4.79 Å². The number of hydrogen-bond donors (Lipinski definition) is 2. The summed E-state index contributed by atoms with van der Waals surface area (Å²) in [6, 6.07) is -0.151. The SMILES string of the molecule is Cc1csc(C(NC(=O)N(C)CC(C)(C)O)C2CC2)n1. The van der Waals surface area contributed by atoms with Crippen molar-refractivity contribution in [3.05, 3.63) is 16.1 Å². The maximum absolute atomic E-state index is 12.2. The minimum absolute atomic E-state index is 0.00505. The summed E-state index contributed by atoms with van der Waals surface area (Å²) in [5.41, 5.74) is 0.105. The van der Waals surface area contributed by atoms with E-state index < -0.39 is 5.60 Å². The van der Waals surface area contributed by atoms with Gasteiger partial charge in [-0.05, 0) is 39.5 Å². The largest absolute Gasteiger partial charge is 0.389 e. The Kier molecular flexibility index (Phi) is 4.34. The molecule has 1 aromatic rings. The van der Waals surface area contributed by atoms with Gasteiger partial charge < -0.3 is 15.3 Å². The van der Waals surface area contributed by atoms with Gasteiger partial charge in [0.2, 0.25) is 0 Å². The number of aliphatic hydroxyl groups is 1. The highest BCUT2D eigenvalue weighted by Gasteiger charge is 2.36. The Morgan fingerprint density at radius 2 is 2.30 bits per heavy atom. The predicted octanol–water partition coefficient (Wildman–Crippen LogP) is 2.31. The molecule has 0 bridgehead atoms. The summed E-state index contributed by atoms with van der Waals surface area (Å²) in [7, 11) is 1.70. The van der Waals surface area contributed by atoms with Crippen LogP contribution in [-0.2, 0) is 0 Å². The number of aryl methyl sites for hydroxylation is 1. The first-order valence-electron chi connectivity index (χ1n) is 6.92. The highest BCUT2D eigenvalue weighted by molar-refractivity contribution is 7.09. The number of nitrogens with zero attached hydrogens (tertiary/aromatic N) is 2. The Hall–Kier alpha value is -1.14. The Morgan fingerprint density at radius 3 is 2.75 bits per heavy atom. The zero-order chi connectivity index (χ0) is 14.9. The van der Waals surface area contributed by atoms with E-state index >= 15 is 0 Å². The number of amides is 2. The van der Waals surface area contributed by atoms with Gasteiger partial charge in [-0.3, -0.25) is 0 Å². The molecule has 0 saturated heterocycles. The quantitative estimate of drug-likeness (QED) is 0.876. The summed E-state index contributed by atoms with van der Waals surface area (Å²) in [6.45, 7) is 5.65. The molecule has 1 fully saturated rings. The van der Waals surface area contributed by atoms with E-state index in [2.05, 4.69) is 10.3 Å². The van der Waals surface area contributed by atoms with Gasteiger partial charge in [0.1, 0.15) is 5.01 Å². The highest BCUT2D eigenvalue weighted by atomic mass is 32.1. The van der Waals surface area contributed by atoms with Crippen LogP contribution in [-0.4, -0.2) is 40.2 Å². The summed E-state index contributed by atoms with van der Waals surface area (Å²) in [6.07, 6.45) is 2.28. The molecule has 2 rings (SSSR count). The molecule has 0 aliphatic heterocycles. The summed E-state index contributed by atoms with van der Waals surface area (Å²) >= 11 is 1.60. The third-order valence-electron chi connectivity index (χ3n) is 3.25. The molecular formula is C14H23N3O2S. The number of carbonyl (C=O) groups excluding carboxylic acids is 1. The monoisotopic (exact) mass is 297 g/mol. The van der Waals surface area contributed by atoms with Crippen molar-refractivity contribution in [1.29, 1.82) is 0 Å². The lowest BCUT2D eigenvalue weighted by Gasteiger charge is -2.27. The molecule has 2 amide bonds. The van der Waals surface area contributed by atoms with Crippen LogP contribution < -0.4 is 5.32 Å². The maximum Gasteiger partial charge on any atom is 0.317 e. The lowest BCUT2D eigenvalue weighted by Crippen LogP contribution is -2.46. The average molecular weight is 297 g/mol. The minimum atomic E-state index is -0.890. The van der Waals surface area contributed by atoms with Gasteiger partial charge >= 0.3 is 6.03 Å². The van der Waals surface area contributed by atoms with Crippen molar-refractivity contribution in [2.75, 3.05) is 13.6 Å². The number of aromatic nitrogens is 1. The Labute approximate surface area is 124 Å². The number of nitrogens with one attached hydrogen (secondary N) is 1. The third-order valence-corrected chi connectivity index (χ3v) is 4.29. The van der Waals surface area contributed by atoms with Crippen LogP contribution in [0.25, 0.3) is 0 Å². The normalized spacial score (nSPS) is 16.9. The molecule has 1 atom stereocenters. The Balaban J connectivity index is 2.00. The highest BCUT2D eigenvalue weighted by Crippen LogP contribution is 2.41. The number of urea groups is 1. The first-order chi connectivity index (χ1) is 9.26. The Bertz CT molecular complexity index is 477. The molecule has 2 N–H and O–H groups in total. The molecular weight excluding hydrogens is 274 g/mol. The number of hydrogen-bond acceptors (Lipinski definition) is 4. The average Bonchev–Trinajstić information content (AvgIpc) is 3.06. The van der Waals surface area contributed by atoms with Gasteiger partial charge in [0.25, 0.3) is 0 Å². The maximum atomic E-state index is 12.2. The molecule has 6 heteroatoms. The molecule has 0 radical (unpaired) electrons. The molecule has 112 valence electrons. The molecule has 0 spiro atoms. The molecule has 1 aliphatic carbocycles. The van der Waals surface area contributed by atoms with Gasteiger partial charge in [0.05, 0.1) is 18.2 Å². The first-order valence-corrected chi connectivity index (χ1v) is 7.80. The van der Waals surface area contributed by atoms with Crippen molar-refractivity contribution in [1.82, 2.24) is 15.2 Å². The van der Waals surface area contributed by atoms with Crippen molar-refractivity contribution >= 4 is 17.4 Å². The molecule has 1 saturated carbocycles. The standard InChI is InChI=1S/C14H23N3O2S/c1-9-7-20-12(15-9)11(10-5-6-10)16-13(18)17(4)8-14(2,3)19/h7,10-11,19H,5-6,8H2,1-4H3,(H,16,18). The van der Waals surface area contributed by atoms with Gasteiger partial charge in [-0.1, -0.05) is 0 Å². The zero-order valence-electron chi connectivity index (χ0n) is 12.5. The lowest BCUT2D eigenvalue weighted by molar-refractivity contribution is 0.0526. The van der Waals surface area contributed by atoms with Crippen molar-refractivity contribution < 1.29 is 9.90 Å². The van der Waals surface area contributed by atoms with Gasteiger partial charge in [-0.25, -0.2) is 9.78 Å². The summed E-state index contributed by atoms with van der Waals surface area (Å²) in [5, 5.41) is 15.8. The molecule has 1 aromatic heterocycles. The minimum Gasteiger partial charge on any atom is -0.389 e. The van der Waals surface area contributed by atoms with Crippen LogP contribution in [0, 0.1) is 12.8 Å². The van der Waals surface area contributed by atoms with Crippen LogP contribution in [0.15, 0.2) is 5.38 Å². The number of rotatable bonds is 5. The summed E-state index contributed by atoms with van der Waals surface area (Å²) in [5.74, 6) is 0.500. The van der Waals surface area contributed by atoms with Crippen molar-refractivity contribution in [3.63, 3.8) is 0 Å². The zero-order valence-corrected chi connectivity index (χ0v) is 13.3. The van der Waals surface area contributed by atoms with E-state index in [0.29, 0.717) is 12.5 Å². The van der Waals surface area contributed by atoms with Crippen LogP contribution >= 0.6 is 11.3 Å². The van der Waals surface area contributed by atoms with Gasteiger partial charge in [-0.2, -0.15) is 0 Å². The number of likely N-dealkylation sites (N-methyl/N-ethyl adjacent to an activating group) is 1. The fraction of sp³-hybridized carbons (Fsp3) is 0.714. The van der Waals surface area contributed by atoms with Gasteiger partial charge in [-0.15, -0.1) is 11.3 Å². The van der Waals surface area contributed by atoms with Gasteiger partial charge in [0.15, 0.2) is 0 Å². The topological polar surface area (TPSA) is 65.5 Å². The van der Waals surface area contributed by atoms with Crippen LogP contribution in [0.2, 0.25) is 0 Å². The second-order valence-electron chi connectivity index (χ2n) is 6.26. The van der Waals surface area contributed by atoms with Crippen molar-refractivity contribution in [3.8, 4) is 0 Å². The fourth-order valence-electron chi connectivity index (χ4n) is 2.22. The lowest BCUT2D eigenvalue weighted by atomic mass is 10.1. The van der Waals surface area contributed by atoms with E-state index in [1.165, 1.54) is 4.90 Å². The van der Waals surface area contributed by atoms with E-state index in [4.69, 9.17) is 0 Å². The number of thiazole rings is 1. The fourth-order valence-corrected chi connectivity index (χ4v) is 3.16. The first kappa shape index (κ1) is 15.3. The molecule has 1 heterocycles. The summed E-state index contributed by atoms with van der Waals surface area (Å²) < 4.78 is 0. The van der Waals surface area contributed by atoms with Crippen molar-refractivity contribution in [2.24, 2.45) is 5.92 Å². The van der Waals surface area contributed by atoms with Gasteiger partial charge in [0, 0.05) is 18.1 Å². The Morgan fingerprint density at radius 1 is 1.65 bits per heavy atom. The smallest absolute Gasteiger partial charge is 0.317 e. The molecule has 20 heavy (non-hydrogen) atoms. The second kappa shape index (κ2) is 5.69. The van der Waals surface area contributed by atoms with Crippen LogP contribution in [0.3, 0.4) is 0 Å². The van der Waals surface area contributed by atoms with E-state index in [1.807, 2.05) is 12.3 Å².